The maximum Gasteiger partial charge on any atom is 0.150 e. The number of ether oxygens (including phenoxy) is 2. The van der Waals surface area contributed by atoms with Gasteiger partial charge in [-0.2, -0.15) is 0 Å². The minimum absolute atomic E-state index is 0.165. The minimum Gasteiger partial charge on any atom is -0.491 e. The molecule has 1 aliphatic carbocycles. The normalized spacial score (nSPS) is 24.7. The van der Waals surface area contributed by atoms with Crippen molar-refractivity contribution in [2.45, 2.75) is 50.2 Å². The summed E-state index contributed by atoms with van der Waals surface area (Å²) in [6, 6.07) is 7.27. The third-order valence-electron chi connectivity index (χ3n) is 4.28. The van der Waals surface area contributed by atoms with Crippen LogP contribution in [-0.4, -0.2) is 24.6 Å². The average Bonchev–Trinajstić information content (AvgIpc) is 3.08. The Hall–Kier alpha value is -1.35. The van der Waals surface area contributed by atoms with Gasteiger partial charge in [0.05, 0.1) is 11.7 Å². The van der Waals surface area contributed by atoms with E-state index in [2.05, 4.69) is 0 Å². The van der Waals surface area contributed by atoms with Gasteiger partial charge in [0.2, 0.25) is 0 Å². The summed E-state index contributed by atoms with van der Waals surface area (Å²) in [6.07, 6.45) is 8.34. The first-order chi connectivity index (χ1) is 9.30. The van der Waals surface area contributed by atoms with Crippen molar-refractivity contribution in [2.75, 3.05) is 6.61 Å². The topological polar surface area (TPSA) is 35.5 Å². The molecule has 1 unspecified atom stereocenters. The highest BCUT2D eigenvalue weighted by Crippen LogP contribution is 2.43. The van der Waals surface area contributed by atoms with Gasteiger partial charge >= 0.3 is 0 Å². The van der Waals surface area contributed by atoms with E-state index in [1.54, 1.807) is 12.1 Å². The van der Waals surface area contributed by atoms with Crippen LogP contribution in [0.25, 0.3) is 0 Å². The zero-order valence-electron chi connectivity index (χ0n) is 11.1. The van der Waals surface area contributed by atoms with Crippen molar-refractivity contribution in [3.8, 4) is 5.75 Å². The van der Waals surface area contributed by atoms with E-state index < -0.39 is 0 Å². The number of benzene rings is 1. The first-order valence-electron chi connectivity index (χ1n) is 7.16. The van der Waals surface area contributed by atoms with Crippen LogP contribution in [-0.2, 0) is 4.74 Å². The Morgan fingerprint density at radius 3 is 2.95 bits per heavy atom. The molecule has 102 valence electrons. The molecule has 3 rings (SSSR count). The Bertz CT molecular complexity index is 449. The lowest BCUT2D eigenvalue weighted by Crippen LogP contribution is -2.27. The first-order valence-corrected chi connectivity index (χ1v) is 7.16. The smallest absolute Gasteiger partial charge is 0.150 e. The van der Waals surface area contributed by atoms with Crippen LogP contribution in [0.3, 0.4) is 0 Å². The molecule has 0 aromatic heterocycles. The molecule has 1 saturated heterocycles. The molecule has 19 heavy (non-hydrogen) atoms. The van der Waals surface area contributed by atoms with Gasteiger partial charge in [-0.15, -0.1) is 0 Å². The molecule has 0 radical (unpaired) electrons. The molecular formula is C16H20O3. The molecule has 0 bridgehead atoms. The molecule has 1 atom stereocenters. The maximum atomic E-state index is 10.7. The molecule has 1 heterocycles. The number of carbonyl (C=O) groups is 1. The minimum atomic E-state index is 0.165. The van der Waals surface area contributed by atoms with Crippen LogP contribution in [0, 0.1) is 0 Å². The Kier molecular flexibility index (Phi) is 3.56. The third kappa shape index (κ3) is 2.81. The van der Waals surface area contributed by atoms with Crippen LogP contribution in [0.5, 0.6) is 5.75 Å². The lowest BCUT2D eigenvalue weighted by molar-refractivity contribution is -0.0508. The van der Waals surface area contributed by atoms with Gasteiger partial charge in [-0.3, -0.25) is 4.79 Å². The van der Waals surface area contributed by atoms with E-state index in [9.17, 15) is 4.79 Å². The Morgan fingerprint density at radius 2 is 2.16 bits per heavy atom. The van der Waals surface area contributed by atoms with Crippen molar-refractivity contribution in [1.29, 1.82) is 0 Å². The van der Waals surface area contributed by atoms with E-state index in [1.165, 1.54) is 32.1 Å². The van der Waals surface area contributed by atoms with Crippen molar-refractivity contribution in [2.24, 2.45) is 0 Å². The zero-order valence-corrected chi connectivity index (χ0v) is 11.1. The summed E-state index contributed by atoms with van der Waals surface area (Å²) >= 11 is 0. The largest absolute Gasteiger partial charge is 0.491 e. The van der Waals surface area contributed by atoms with Gasteiger partial charge in [-0.05, 0) is 37.8 Å². The van der Waals surface area contributed by atoms with Gasteiger partial charge in [0.15, 0.2) is 0 Å². The number of hydrogen-bond acceptors (Lipinski definition) is 3. The van der Waals surface area contributed by atoms with Crippen molar-refractivity contribution < 1.29 is 14.3 Å². The fourth-order valence-corrected chi connectivity index (χ4v) is 3.27. The maximum absolute atomic E-state index is 10.7. The highest BCUT2D eigenvalue weighted by molar-refractivity contribution is 5.75. The summed E-state index contributed by atoms with van der Waals surface area (Å²) in [4.78, 5) is 10.7. The van der Waals surface area contributed by atoms with Crippen LogP contribution in [0.4, 0.5) is 0 Å². The van der Waals surface area contributed by atoms with E-state index >= 15 is 0 Å². The van der Waals surface area contributed by atoms with Gasteiger partial charge in [-0.25, -0.2) is 0 Å². The summed E-state index contributed by atoms with van der Waals surface area (Å²) in [5, 5.41) is 0. The third-order valence-corrected chi connectivity index (χ3v) is 4.28. The second-order valence-corrected chi connectivity index (χ2v) is 5.67. The molecule has 0 amide bonds. The summed E-state index contributed by atoms with van der Waals surface area (Å²) in [5.74, 6) is 0.751. The molecule has 2 fully saturated rings. The van der Waals surface area contributed by atoms with Crippen molar-refractivity contribution in [3.05, 3.63) is 29.8 Å². The second kappa shape index (κ2) is 5.33. The van der Waals surface area contributed by atoms with Crippen LogP contribution >= 0.6 is 0 Å². The lowest BCUT2D eigenvalue weighted by atomic mass is 9.98. The predicted molar refractivity (Wildman–Crippen MR) is 72.6 cm³/mol. The number of hydrogen-bond donors (Lipinski definition) is 0. The molecule has 0 N–H and O–H groups in total. The number of rotatable bonds is 4. The SMILES string of the molecule is O=Cc1cccc(OCC2CCC3(CCCC3)O2)c1. The molecule has 1 saturated carbocycles. The highest BCUT2D eigenvalue weighted by atomic mass is 16.6. The molecular weight excluding hydrogens is 240 g/mol. The fourth-order valence-electron chi connectivity index (χ4n) is 3.27. The Balaban J connectivity index is 1.54. The van der Waals surface area contributed by atoms with Gasteiger partial charge in [0.25, 0.3) is 0 Å². The van der Waals surface area contributed by atoms with Gasteiger partial charge in [0.1, 0.15) is 18.6 Å². The van der Waals surface area contributed by atoms with E-state index in [-0.39, 0.29) is 11.7 Å². The molecule has 1 aliphatic heterocycles. The number of carbonyl (C=O) groups excluding carboxylic acids is 1. The summed E-state index contributed by atoms with van der Waals surface area (Å²) in [5.41, 5.74) is 0.815. The summed E-state index contributed by atoms with van der Waals surface area (Å²) in [7, 11) is 0. The zero-order chi connectivity index (χ0) is 13.1. The van der Waals surface area contributed by atoms with Crippen molar-refractivity contribution >= 4 is 6.29 Å². The molecule has 1 spiro atoms. The Morgan fingerprint density at radius 1 is 1.32 bits per heavy atom. The van der Waals surface area contributed by atoms with E-state index in [0.717, 1.165) is 18.5 Å². The number of aldehydes is 1. The van der Waals surface area contributed by atoms with E-state index in [4.69, 9.17) is 9.47 Å². The quantitative estimate of drug-likeness (QED) is 0.779. The predicted octanol–water partition coefficient (Wildman–Crippen LogP) is 3.37. The van der Waals surface area contributed by atoms with Crippen LogP contribution in [0.15, 0.2) is 24.3 Å². The highest BCUT2D eigenvalue weighted by Gasteiger charge is 2.42. The summed E-state index contributed by atoms with van der Waals surface area (Å²) in [6.45, 7) is 0.587. The molecule has 1 aromatic rings. The summed E-state index contributed by atoms with van der Waals surface area (Å²) < 4.78 is 11.9. The second-order valence-electron chi connectivity index (χ2n) is 5.67. The van der Waals surface area contributed by atoms with Crippen LogP contribution < -0.4 is 4.74 Å². The van der Waals surface area contributed by atoms with Crippen molar-refractivity contribution in [3.63, 3.8) is 0 Å². The standard InChI is InChI=1S/C16H20O3/c17-11-13-4-3-5-14(10-13)18-12-15-6-9-16(19-15)7-1-2-8-16/h3-5,10-11,15H,1-2,6-9,12H2. The Labute approximate surface area is 113 Å². The molecule has 2 aliphatic rings. The molecule has 3 heteroatoms. The van der Waals surface area contributed by atoms with Gasteiger partial charge in [0, 0.05) is 5.56 Å². The van der Waals surface area contributed by atoms with E-state index in [0.29, 0.717) is 12.2 Å². The lowest BCUT2D eigenvalue weighted by Gasteiger charge is -2.23. The first kappa shape index (κ1) is 12.7. The fraction of sp³-hybridized carbons (Fsp3) is 0.562. The monoisotopic (exact) mass is 260 g/mol. The average molecular weight is 260 g/mol. The van der Waals surface area contributed by atoms with Crippen LogP contribution in [0.2, 0.25) is 0 Å². The molecule has 3 nitrogen and oxygen atoms in total. The molecule has 1 aromatic carbocycles. The van der Waals surface area contributed by atoms with Gasteiger partial charge in [-0.1, -0.05) is 25.0 Å². The van der Waals surface area contributed by atoms with Crippen molar-refractivity contribution in [1.82, 2.24) is 0 Å². The van der Waals surface area contributed by atoms with Crippen LogP contribution in [0.1, 0.15) is 48.9 Å². The van der Waals surface area contributed by atoms with Gasteiger partial charge < -0.3 is 9.47 Å². The van der Waals surface area contributed by atoms with E-state index in [1.807, 2.05) is 12.1 Å².